The van der Waals surface area contributed by atoms with Crippen molar-refractivity contribution in [2.45, 2.75) is 32.2 Å². The molecule has 1 aromatic carbocycles. The van der Waals surface area contributed by atoms with E-state index in [1.807, 2.05) is 0 Å². The van der Waals surface area contributed by atoms with Gasteiger partial charge in [0.15, 0.2) is 18.2 Å². The van der Waals surface area contributed by atoms with E-state index in [1.165, 1.54) is 17.0 Å². The Bertz CT molecular complexity index is 546. The van der Waals surface area contributed by atoms with Crippen LogP contribution in [0.2, 0.25) is 0 Å². The first-order valence-corrected chi connectivity index (χ1v) is 6.90. The lowest BCUT2D eigenvalue weighted by Gasteiger charge is -2.32. The Labute approximate surface area is 122 Å². The molecular formula is C15H18FNO4. The lowest BCUT2D eigenvalue weighted by atomic mass is 10.0. The molecule has 0 spiro atoms. The summed E-state index contributed by atoms with van der Waals surface area (Å²) in [4.78, 5) is 24.6. The van der Waals surface area contributed by atoms with Gasteiger partial charge in [-0.05, 0) is 43.9 Å². The number of hydrogen-bond acceptors (Lipinski definition) is 3. The summed E-state index contributed by atoms with van der Waals surface area (Å²) in [7, 11) is 0. The second-order valence-corrected chi connectivity index (χ2v) is 5.16. The van der Waals surface area contributed by atoms with Gasteiger partial charge in [0.05, 0.1) is 0 Å². The molecule has 1 fully saturated rings. The van der Waals surface area contributed by atoms with Crippen LogP contribution in [0.4, 0.5) is 4.39 Å². The normalized spacial score (nSPS) is 18.4. The van der Waals surface area contributed by atoms with Gasteiger partial charge in [-0.15, -0.1) is 0 Å². The highest BCUT2D eigenvalue weighted by atomic mass is 19.1. The van der Waals surface area contributed by atoms with E-state index in [9.17, 15) is 14.0 Å². The fourth-order valence-corrected chi connectivity index (χ4v) is 2.43. The predicted octanol–water partition coefficient (Wildman–Crippen LogP) is 1.98. The first-order valence-electron chi connectivity index (χ1n) is 6.90. The molecule has 1 unspecified atom stereocenters. The molecule has 6 heteroatoms. The Morgan fingerprint density at radius 1 is 1.43 bits per heavy atom. The van der Waals surface area contributed by atoms with Crippen LogP contribution in [0.1, 0.15) is 24.8 Å². The summed E-state index contributed by atoms with van der Waals surface area (Å²) in [6.07, 6.45) is 2.00. The van der Waals surface area contributed by atoms with Crippen molar-refractivity contribution in [2.75, 3.05) is 13.2 Å². The summed E-state index contributed by atoms with van der Waals surface area (Å²) in [5.74, 6) is -1.97. The van der Waals surface area contributed by atoms with Crippen molar-refractivity contribution >= 4 is 11.9 Å². The van der Waals surface area contributed by atoms with Crippen LogP contribution in [0, 0.1) is 12.7 Å². The van der Waals surface area contributed by atoms with E-state index in [1.54, 1.807) is 13.0 Å². The van der Waals surface area contributed by atoms with Crippen molar-refractivity contribution in [1.82, 2.24) is 4.90 Å². The third-order valence-corrected chi connectivity index (χ3v) is 3.55. The second-order valence-electron chi connectivity index (χ2n) is 5.16. The number of likely N-dealkylation sites (tertiary alicyclic amines) is 1. The number of amides is 1. The maximum absolute atomic E-state index is 13.5. The van der Waals surface area contributed by atoms with E-state index >= 15 is 0 Å². The Morgan fingerprint density at radius 3 is 2.90 bits per heavy atom. The predicted molar refractivity (Wildman–Crippen MR) is 73.6 cm³/mol. The summed E-state index contributed by atoms with van der Waals surface area (Å²) in [5.41, 5.74) is 0.820. The SMILES string of the molecule is Cc1ccc(F)c(OCC(=O)N2CCCCC2C(=O)O)c1. The van der Waals surface area contributed by atoms with Crippen molar-refractivity contribution in [1.29, 1.82) is 0 Å². The van der Waals surface area contributed by atoms with Crippen LogP contribution in [0.15, 0.2) is 18.2 Å². The molecule has 1 amide bonds. The third-order valence-electron chi connectivity index (χ3n) is 3.55. The van der Waals surface area contributed by atoms with Gasteiger partial charge in [-0.25, -0.2) is 9.18 Å². The summed E-state index contributed by atoms with van der Waals surface area (Å²) < 4.78 is 18.7. The van der Waals surface area contributed by atoms with Crippen molar-refractivity contribution in [3.05, 3.63) is 29.6 Å². The van der Waals surface area contributed by atoms with E-state index < -0.39 is 23.7 Å². The van der Waals surface area contributed by atoms with Gasteiger partial charge in [0, 0.05) is 6.54 Å². The highest BCUT2D eigenvalue weighted by molar-refractivity contribution is 5.84. The van der Waals surface area contributed by atoms with Crippen LogP contribution >= 0.6 is 0 Å². The zero-order valence-electron chi connectivity index (χ0n) is 11.8. The number of aryl methyl sites for hydroxylation is 1. The molecule has 2 rings (SSSR count). The minimum Gasteiger partial charge on any atom is -0.481 e. The molecule has 5 nitrogen and oxygen atoms in total. The maximum atomic E-state index is 13.5. The number of aliphatic carboxylic acids is 1. The second kappa shape index (κ2) is 6.56. The van der Waals surface area contributed by atoms with Gasteiger partial charge in [0.2, 0.25) is 0 Å². The Balaban J connectivity index is 2.00. The zero-order valence-corrected chi connectivity index (χ0v) is 11.8. The number of carboxylic acids is 1. The van der Waals surface area contributed by atoms with E-state index in [-0.39, 0.29) is 12.4 Å². The summed E-state index contributed by atoms with van der Waals surface area (Å²) in [6.45, 7) is 1.83. The van der Waals surface area contributed by atoms with Crippen molar-refractivity contribution in [3.63, 3.8) is 0 Å². The van der Waals surface area contributed by atoms with Gasteiger partial charge < -0.3 is 14.7 Å². The van der Waals surface area contributed by atoms with E-state index in [0.717, 1.165) is 18.4 Å². The van der Waals surface area contributed by atoms with Gasteiger partial charge in [0.25, 0.3) is 5.91 Å². The molecule has 1 saturated heterocycles. The van der Waals surface area contributed by atoms with Crippen molar-refractivity contribution < 1.29 is 23.8 Å². The number of nitrogens with zero attached hydrogens (tertiary/aromatic N) is 1. The summed E-state index contributed by atoms with van der Waals surface area (Å²) in [6, 6.07) is 3.58. The van der Waals surface area contributed by atoms with Gasteiger partial charge in [-0.2, -0.15) is 0 Å². The van der Waals surface area contributed by atoms with Crippen LogP contribution in [-0.2, 0) is 9.59 Å². The molecule has 21 heavy (non-hydrogen) atoms. The van der Waals surface area contributed by atoms with Gasteiger partial charge >= 0.3 is 5.97 Å². The molecule has 1 heterocycles. The molecule has 0 radical (unpaired) electrons. The fraction of sp³-hybridized carbons (Fsp3) is 0.467. The molecule has 0 aromatic heterocycles. The van der Waals surface area contributed by atoms with Crippen LogP contribution in [0.3, 0.4) is 0 Å². The number of halogens is 1. The smallest absolute Gasteiger partial charge is 0.326 e. The molecular weight excluding hydrogens is 277 g/mol. The standard InChI is InChI=1S/C15H18FNO4/c1-10-5-6-11(16)13(8-10)21-9-14(18)17-7-3-2-4-12(17)15(19)20/h5-6,8,12H,2-4,7,9H2,1H3,(H,19,20). The van der Waals surface area contributed by atoms with Gasteiger partial charge in [-0.3, -0.25) is 4.79 Å². The molecule has 0 bridgehead atoms. The monoisotopic (exact) mass is 295 g/mol. The molecule has 1 atom stereocenters. The molecule has 1 aromatic rings. The highest BCUT2D eigenvalue weighted by Gasteiger charge is 2.32. The van der Waals surface area contributed by atoms with Crippen LogP contribution in [0.5, 0.6) is 5.75 Å². The van der Waals surface area contributed by atoms with E-state index in [4.69, 9.17) is 9.84 Å². The average molecular weight is 295 g/mol. The minimum absolute atomic E-state index is 0.00670. The fourth-order valence-electron chi connectivity index (χ4n) is 2.43. The number of benzene rings is 1. The number of piperidine rings is 1. The van der Waals surface area contributed by atoms with Gasteiger partial charge in [0.1, 0.15) is 6.04 Å². The Kier molecular flexibility index (Phi) is 4.77. The molecule has 0 aliphatic carbocycles. The molecule has 114 valence electrons. The topological polar surface area (TPSA) is 66.8 Å². The lowest BCUT2D eigenvalue weighted by molar-refractivity contribution is -0.152. The first kappa shape index (κ1) is 15.3. The molecule has 1 N–H and O–H groups in total. The zero-order chi connectivity index (χ0) is 15.4. The van der Waals surface area contributed by atoms with Gasteiger partial charge in [-0.1, -0.05) is 6.07 Å². The molecule has 1 aliphatic rings. The minimum atomic E-state index is -1.01. The largest absolute Gasteiger partial charge is 0.481 e. The van der Waals surface area contributed by atoms with Crippen molar-refractivity contribution in [2.24, 2.45) is 0 Å². The summed E-state index contributed by atoms with van der Waals surface area (Å²) in [5, 5.41) is 9.13. The Hall–Kier alpha value is -2.11. The molecule has 1 aliphatic heterocycles. The van der Waals surface area contributed by atoms with E-state index in [2.05, 4.69) is 0 Å². The maximum Gasteiger partial charge on any atom is 0.326 e. The Morgan fingerprint density at radius 2 is 2.19 bits per heavy atom. The number of ether oxygens (including phenoxy) is 1. The summed E-state index contributed by atoms with van der Waals surface area (Å²) >= 11 is 0. The molecule has 0 saturated carbocycles. The quantitative estimate of drug-likeness (QED) is 0.922. The third kappa shape index (κ3) is 3.71. The van der Waals surface area contributed by atoms with E-state index in [0.29, 0.717) is 13.0 Å². The van der Waals surface area contributed by atoms with Crippen LogP contribution < -0.4 is 4.74 Å². The number of rotatable bonds is 4. The van der Waals surface area contributed by atoms with Crippen LogP contribution in [0.25, 0.3) is 0 Å². The lowest BCUT2D eigenvalue weighted by Crippen LogP contribution is -2.49. The average Bonchev–Trinajstić information content (AvgIpc) is 2.47. The number of carbonyl (C=O) groups excluding carboxylic acids is 1. The number of hydrogen-bond donors (Lipinski definition) is 1. The van der Waals surface area contributed by atoms with Crippen molar-refractivity contribution in [3.8, 4) is 5.75 Å². The number of carboxylic acid groups (broad SMARTS) is 1. The first-order chi connectivity index (χ1) is 9.99. The van der Waals surface area contributed by atoms with Crippen LogP contribution in [-0.4, -0.2) is 41.1 Å². The number of carbonyl (C=O) groups is 2. The highest BCUT2D eigenvalue weighted by Crippen LogP contribution is 2.20.